The molecule has 1 aromatic heterocycles. The molecule has 1 atom stereocenters. The predicted octanol–water partition coefficient (Wildman–Crippen LogP) is 3.47. The third-order valence-electron chi connectivity index (χ3n) is 2.43. The van der Waals surface area contributed by atoms with Crippen LogP contribution in [-0.2, 0) is 6.42 Å². The van der Waals surface area contributed by atoms with E-state index in [1.807, 2.05) is 12.1 Å². The number of nitro groups is 1. The van der Waals surface area contributed by atoms with Gasteiger partial charge in [-0.05, 0) is 12.1 Å². The van der Waals surface area contributed by atoms with Gasteiger partial charge in [-0.1, -0.05) is 28.9 Å². The Hall–Kier alpha value is -1.49. The highest BCUT2D eigenvalue weighted by molar-refractivity contribution is 9.09. The van der Waals surface area contributed by atoms with Gasteiger partial charge in [0.1, 0.15) is 0 Å². The minimum Gasteiger partial charge on any atom is -0.258 e. The number of fused-ring (bicyclic) bond motifs is 1. The quantitative estimate of drug-likeness (QED) is 0.495. The van der Waals surface area contributed by atoms with Crippen molar-refractivity contribution in [3.8, 4) is 0 Å². The van der Waals surface area contributed by atoms with Crippen molar-refractivity contribution in [3.05, 3.63) is 46.1 Å². The van der Waals surface area contributed by atoms with E-state index >= 15 is 0 Å². The molecule has 1 aromatic carbocycles. The van der Waals surface area contributed by atoms with Crippen LogP contribution in [0, 0.1) is 10.1 Å². The van der Waals surface area contributed by atoms with Crippen molar-refractivity contribution in [3.63, 3.8) is 0 Å². The lowest BCUT2D eigenvalue weighted by Crippen LogP contribution is -1.99. The average Bonchev–Trinajstić information content (AvgIpc) is 2.27. The Labute approximate surface area is 107 Å². The SMILES string of the molecule is CC(Br)Cc1ccc2cc([N+](=O)[O-])ccc2n1. The van der Waals surface area contributed by atoms with Gasteiger partial charge in [0, 0.05) is 34.5 Å². The van der Waals surface area contributed by atoms with Gasteiger partial charge in [0.15, 0.2) is 0 Å². The van der Waals surface area contributed by atoms with E-state index in [1.54, 1.807) is 12.1 Å². The molecule has 0 amide bonds. The highest BCUT2D eigenvalue weighted by atomic mass is 79.9. The van der Waals surface area contributed by atoms with Crippen LogP contribution in [0.3, 0.4) is 0 Å². The number of halogens is 1. The summed E-state index contributed by atoms with van der Waals surface area (Å²) in [5.74, 6) is 0. The first-order chi connectivity index (χ1) is 8.06. The minimum absolute atomic E-state index is 0.0981. The van der Waals surface area contributed by atoms with Gasteiger partial charge in [0.2, 0.25) is 0 Å². The van der Waals surface area contributed by atoms with E-state index in [9.17, 15) is 10.1 Å². The molecule has 0 fully saturated rings. The number of alkyl halides is 1. The first-order valence-electron chi connectivity index (χ1n) is 5.24. The smallest absolute Gasteiger partial charge is 0.258 e. The molecule has 0 spiro atoms. The van der Waals surface area contributed by atoms with Crippen LogP contribution in [0.15, 0.2) is 30.3 Å². The second kappa shape index (κ2) is 4.79. The molecule has 0 aliphatic heterocycles. The molecule has 1 unspecified atom stereocenters. The number of hydrogen-bond acceptors (Lipinski definition) is 3. The zero-order valence-corrected chi connectivity index (χ0v) is 10.8. The molecule has 0 aliphatic carbocycles. The molecule has 0 aliphatic rings. The summed E-state index contributed by atoms with van der Waals surface area (Å²) in [5, 5.41) is 11.4. The molecule has 2 rings (SSSR count). The van der Waals surface area contributed by atoms with Crippen molar-refractivity contribution in [2.45, 2.75) is 18.2 Å². The monoisotopic (exact) mass is 294 g/mol. The average molecular weight is 295 g/mol. The van der Waals surface area contributed by atoms with Crippen molar-refractivity contribution in [2.24, 2.45) is 0 Å². The van der Waals surface area contributed by atoms with Crippen LogP contribution in [0.4, 0.5) is 5.69 Å². The molecule has 2 aromatic rings. The molecular weight excluding hydrogens is 284 g/mol. The topological polar surface area (TPSA) is 56.0 Å². The number of non-ortho nitro benzene ring substituents is 1. The summed E-state index contributed by atoms with van der Waals surface area (Å²) in [6, 6.07) is 8.50. The van der Waals surface area contributed by atoms with Gasteiger partial charge in [-0.25, -0.2) is 0 Å². The summed E-state index contributed by atoms with van der Waals surface area (Å²) in [7, 11) is 0. The van der Waals surface area contributed by atoms with Crippen molar-refractivity contribution < 1.29 is 4.92 Å². The molecule has 4 nitrogen and oxygen atoms in total. The van der Waals surface area contributed by atoms with E-state index in [0.29, 0.717) is 4.83 Å². The molecule has 0 bridgehead atoms. The molecule has 0 saturated carbocycles. The molecule has 5 heteroatoms. The minimum atomic E-state index is -0.395. The Bertz CT molecular complexity index is 569. The zero-order valence-electron chi connectivity index (χ0n) is 9.26. The van der Waals surface area contributed by atoms with E-state index in [-0.39, 0.29) is 5.69 Å². The van der Waals surface area contributed by atoms with Crippen LogP contribution in [0.5, 0.6) is 0 Å². The molecule has 0 N–H and O–H groups in total. The van der Waals surface area contributed by atoms with E-state index in [4.69, 9.17) is 0 Å². The van der Waals surface area contributed by atoms with Gasteiger partial charge in [-0.2, -0.15) is 0 Å². The standard InChI is InChI=1S/C12H11BrN2O2/c1-8(13)6-10-3-2-9-7-11(15(16)17)4-5-12(9)14-10/h2-5,7-8H,6H2,1H3. The Morgan fingerprint density at radius 2 is 2.18 bits per heavy atom. The molecular formula is C12H11BrN2O2. The van der Waals surface area contributed by atoms with E-state index < -0.39 is 4.92 Å². The largest absolute Gasteiger partial charge is 0.270 e. The van der Waals surface area contributed by atoms with Crippen LogP contribution >= 0.6 is 15.9 Å². The highest BCUT2D eigenvalue weighted by Gasteiger charge is 2.07. The molecule has 17 heavy (non-hydrogen) atoms. The van der Waals surface area contributed by atoms with Gasteiger partial charge in [-0.3, -0.25) is 15.1 Å². The number of pyridine rings is 1. The molecule has 0 radical (unpaired) electrons. The molecule has 1 heterocycles. The van der Waals surface area contributed by atoms with Crippen LogP contribution in [0.2, 0.25) is 0 Å². The van der Waals surface area contributed by atoms with Crippen molar-refractivity contribution >= 4 is 32.5 Å². The van der Waals surface area contributed by atoms with Gasteiger partial charge in [-0.15, -0.1) is 0 Å². The fraction of sp³-hybridized carbons (Fsp3) is 0.250. The Morgan fingerprint density at radius 1 is 1.41 bits per heavy atom. The normalized spacial score (nSPS) is 12.6. The summed E-state index contributed by atoms with van der Waals surface area (Å²) in [5.41, 5.74) is 1.87. The van der Waals surface area contributed by atoms with Crippen LogP contribution in [0.25, 0.3) is 10.9 Å². The van der Waals surface area contributed by atoms with Crippen molar-refractivity contribution in [1.82, 2.24) is 4.98 Å². The first kappa shape index (κ1) is 12.0. The second-order valence-electron chi connectivity index (χ2n) is 3.92. The highest BCUT2D eigenvalue weighted by Crippen LogP contribution is 2.20. The summed E-state index contributed by atoms with van der Waals surface area (Å²) in [6.07, 6.45) is 0.840. The Kier molecular flexibility index (Phi) is 3.38. The molecule has 88 valence electrons. The van der Waals surface area contributed by atoms with Gasteiger partial charge >= 0.3 is 0 Å². The number of aromatic nitrogens is 1. The Morgan fingerprint density at radius 3 is 2.82 bits per heavy atom. The maximum atomic E-state index is 10.6. The summed E-state index contributed by atoms with van der Waals surface area (Å²) in [6.45, 7) is 2.06. The lowest BCUT2D eigenvalue weighted by molar-refractivity contribution is -0.384. The number of nitrogens with zero attached hydrogens (tertiary/aromatic N) is 2. The third kappa shape index (κ3) is 2.79. The Balaban J connectivity index is 2.43. The maximum Gasteiger partial charge on any atom is 0.270 e. The van der Waals surface area contributed by atoms with Crippen LogP contribution in [0.1, 0.15) is 12.6 Å². The van der Waals surface area contributed by atoms with Crippen molar-refractivity contribution in [1.29, 1.82) is 0 Å². The lowest BCUT2D eigenvalue weighted by Gasteiger charge is -2.04. The second-order valence-corrected chi connectivity index (χ2v) is 5.48. The lowest BCUT2D eigenvalue weighted by atomic mass is 10.1. The van der Waals surface area contributed by atoms with E-state index in [0.717, 1.165) is 23.0 Å². The summed E-state index contributed by atoms with van der Waals surface area (Å²) >= 11 is 3.48. The van der Waals surface area contributed by atoms with Gasteiger partial charge in [0.25, 0.3) is 5.69 Å². The zero-order chi connectivity index (χ0) is 12.4. The fourth-order valence-electron chi connectivity index (χ4n) is 1.67. The predicted molar refractivity (Wildman–Crippen MR) is 70.5 cm³/mol. The first-order valence-corrected chi connectivity index (χ1v) is 6.16. The summed E-state index contributed by atoms with van der Waals surface area (Å²) < 4.78 is 0. The number of nitro benzene ring substituents is 1. The van der Waals surface area contributed by atoms with Gasteiger partial charge in [0.05, 0.1) is 10.4 Å². The van der Waals surface area contributed by atoms with Crippen LogP contribution in [-0.4, -0.2) is 14.7 Å². The van der Waals surface area contributed by atoms with E-state index in [1.165, 1.54) is 6.07 Å². The maximum absolute atomic E-state index is 10.6. The van der Waals surface area contributed by atoms with Crippen LogP contribution < -0.4 is 0 Å². The van der Waals surface area contributed by atoms with E-state index in [2.05, 4.69) is 27.8 Å². The molecule has 0 saturated heterocycles. The van der Waals surface area contributed by atoms with Crippen molar-refractivity contribution in [2.75, 3.05) is 0 Å². The number of rotatable bonds is 3. The summed E-state index contributed by atoms with van der Waals surface area (Å²) in [4.78, 5) is 15.1. The fourth-order valence-corrected chi connectivity index (χ4v) is 2.00. The number of benzene rings is 1. The third-order valence-corrected chi connectivity index (χ3v) is 2.76. The number of hydrogen-bond donors (Lipinski definition) is 0. The van der Waals surface area contributed by atoms with Gasteiger partial charge < -0.3 is 0 Å².